The highest BCUT2D eigenvalue weighted by atomic mass is 16.6. The van der Waals surface area contributed by atoms with Crippen molar-refractivity contribution in [3.63, 3.8) is 0 Å². The SMILES string of the molecule is CC(=O)N/C(=C\c1cccc([N+](=O)[O-])c1)C(=O)Nc1ccc2ccccc2c1. The molecule has 0 saturated carbocycles. The van der Waals surface area contributed by atoms with Gasteiger partial charge in [-0.3, -0.25) is 19.7 Å². The van der Waals surface area contributed by atoms with E-state index in [1.54, 1.807) is 12.1 Å². The molecule has 3 aromatic rings. The van der Waals surface area contributed by atoms with Crippen molar-refractivity contribution in [2.75, 3.05) is 5.32 Å². The molecule has 0 aliphatic heterocycles. The number of nitro benzene ring substituents is 1. The van der Waals surface area contributed by atoms with E-state index in [0.717, 1.165) is 10.8 Å². The van der Waals surface area contributed by atoms with Crippen LogP contribution >= 0.6 is 0 Å². The molecule has 140 valence electrons. The van der Waals surface area contributed by atoms with Gasteiger partial charge in [0.05, 0.1) is 4.92 Å². The highest BCUT2D eigenvalue weighted by molar-refractivity contribution is 6.09. The Hall–Kier alpha value is -4.00. The fraction of sp³-hybridized carbons (Fsp3) is 0.0476. The number of nitrogens with one attached hydrogen (secondary N) is 2. The predicted molar refractivity (Wildman–Crippen MR) is 107 cm³/mol. The van der Waals surface area contributed by atoms with Crippen LogP contribution in [0.3, 0.4) is 0 Å². The monoisotopic (exact) mass is 375 g/mol. The maximum Gasteiger partial charge on any atom is 0.272 e. The Morgan fingerprint density at radius 2 is 1.71 bits per heavy atom. The Kier molecular flexibility index (Phi) is 5.45. The molecule has 0 spiro atoms. The quantitative estimate of drug-likeness (QED) is 0.402. The average molecular weight is 375 g/mol. The average Bonchev–Trinajstić information content (AvgIpc) is 2.67. The maximum absolute atomic E-state index is 12.7. The Bertz CT molecular complexity index is 1110. The lowest BCUT2D eigenvalue weighted by atomic mass is 10.1. The van der Waals surface area contributed by atoms with Crippen molar-refractivity contribution in [2.24, 2.45) is 0 Å². The van der Waals surface area contributed by atoms with Crippen molar-refractivity contribution >= 4 is 40.0 Å². The summed E-state index contributed by atoms with van der Waals surface area (Å²) in [6.45, 7) is 1.28. The van der Waals surface area contributed by atoms with Gasteiger partial charge in [-0.05, 0) is 34.5 Å². The maximum atomic E-state index is 12.7. The summed E-state index contributed by atoms with van der Waals surface area (Å²) in [5.74, 6) is -0.956. The van der Waals surface area contributed by atoms with Gasteiger partial charge in [-0.25, -0.2) is 0 Å². The van der Waals surface area contributed by atoms with Crippen LogP contribution in [0.5, 0.6) is 0 Å². The van der Waals surface area contributed by atoms with E-state index in [1.165, 1.54) is 31.2 Å². The van der Waals surface area contributed by atoms with Gasteiger partial charge in [-0.2, -0.15) is 0 Å². The summed E-state index contributed by atoms with van der Waals surface area (Å²) in [7, 11) is 0. The molecule has 28 heavy (non-hydrogen) atoms. The van der Waals surface area contributed by atoms with Gasteiger partial charge in [0, 0.05) is 24.7 Å². The number of nitro groups is 1. The largest absolute Gasteiger partial charge is 0.322 e. The molecule has 0 heterocycles. The van der Waals surface area contributed by atoms with E-state index in [2.05, 4.69) is 10.6 Å². The number of carbonyl (C=O) groups is 2. The van der Waals surface area contributed by atoms with Crippen LogP contribution in [0, 0.1) is 10.1 Å². The second kappa shape index (κ2) is 8.13. The number of nitrogens with zero attached hydrogens (tertiary/aromatic N) is 1. The van der Waals surface area contributed by atoms with Crippen LogP contribution in [0.1, 0.15) is 12.5 Å². The van der Waals surface area contributed by atoms with Gasteiger partial charge in [-0.1, -0.05) is 42.5 Å². The molecule has 0 atom stereocenters. The Morgan fingerprint density at radius 1 is 0.964 bits per heavy atom. The summed E-state index contributed by atoms with van der Waals surface area (Å²) in [4.78, 5) is 34.6. The number of fused-ring (bicyclic) bond motifs is 1. The minimum absolute atomic E-state index is 0.0128. The van der Waals surface area contributed by atoms with Crippen LogP contribution in [0.15, 0.2) is 72.4 Å². The van der Waals surface area contributed by atoms with Crippen LogP contribution in [0.2, 0.25) is 0 Å². The zero-order valence-corrected chi connectivity index (χ0v) is 15.0. The zero-order valence-electron chi connectivity index (χ0n) is 15.0. The second-order valence-electron chi connectivity index (χ2n) is 6.11. The molecule has 0 aromatic heterocycles. The fourth-order valence-corrected chi connectivity index (χ4v) is 2.71. The summed E-state index contributed by atoms with van der Waals surface area (Å²) in [6.07, 6.45) is 1.39. The van der Waals surface area contributed by atoms with Crippen molar-refractivity contribution < 1.29 is 14.5 Å². The highest BCUT2D eigenvalue weighted by Gasteiger charge is 2.13. The molecule has 0 unspecified atom stereocenters. The molecular formula is C21H17N3O4. The molecule has 0 bridgehead atoms. The van der Waals surface area contributed by atoms with Gasteiger partial charge in [0.15, 0.2) is 0 Å². The minimum atomic E-state index is -0.531. The summed E-state index contributed by atoms with van der Waals surface area (Å²) in [5, 5.41) is 18.1. The van der Waals surface area contributed by atoms with Crippen molar-refractivity contribution in [3.8, 4) is 0 Å². The number of rotatable bonds is 5. The number of non-ortho nitro benzene ring substituents is 1. The predicted octanol–water partition coefficient (Wildman–Crippen LogP) is 3.86. The third-order valence-corrected chi connectivity index (χ3v) is 3.95. The lowest BCUT2D eigenvalue weighted by molar-refractivity contribution is -0.384. The van der Waals surface area contributed by atoms with Crippen molar-refractivity contribution in [1.82, 2.24) is 5.32 Å². The van der Waals surface area contributed by atoms with Crippen LogP contribution < -0.4 is 10.6 Å². The van der Waals surface area contributed by atoms with Crippen LogP contribution in [0.25, 0.3) is 16.8 Å². The first-order valence-electron chi connectivity index (χ1n) is 8.46. The van der Waals surface area contributed by atoms with E-state index < -0.39 is 16.7 Å². The third-order valence-electron chi connectivity index (χ3n) is 3.95. The van der Waals surface area contributed by atoms with Gasteiger partial charge < -0.3 is 10.6 Å². The van der Waals surface area contributed by atoms with E-state index in [9.17, 15) is 19.7 Å². The van der Waals surface area contributed by atoms with Crippen molar-refractivity contribution in [3.05, 3.63) is 88.1 Å². The molecule has 2 amide bonds. The molecule has 0 fully saturated rings. The van der Waals surface area contributed by atoms with E-state index in [0.29, 0.717) is 11.3 Å². The Balaban J connectivity index is 1.89. The second-order valence-corrected chi connectivity index (χ2v) is 6.11. The standard InChI is InChI=1S/C21H17N3O4/c1-14(25)22-20(12-15-5-4-8-19(11-15)24(27)28)21(26)23-18-10-9-16-6-2-3-7-17(16)13-18/h2-13H,1H3,(H,22,25)(H,23,26)/b20-12-. The van der Waals surface area contributed by atoms with E-state index in [-0.39, 0.29) is 11.4 Å². The molecule has 0 saturated heterocycles. The zero-order chi connectivity index (χ0) is 20.1. The lowest BCUT2D eigenvalue weighted by Gasteiger charge is -2.10. The van der Waals surface area contributed by atoms with Gasteiger partial charge in [0.25, 0.3) is 11.6 Å². The molecule has 0 radical (unpaired) electrons. The normalized spacial score (nSPS) is 11.1. The Labute approximate surface area is 160 Å². The topological polar surface area (TPSA) is 101 Å². The lowest BCUT2D eigenvalue weighted by Crippen LogP contribution is -2.28. The van der Waals surface area contributed by atoms with Crippen molar-refractivity contribution in [1.29, 1.82) is 0 Å². The molecule has 7 heteroatoms. The number of benzene rings is 3. The van der Waals surface area contributed by atoms with E-state index in [1.807, 2.05) is 36.4 Å². The molecule has 3 rings (SSSR count). The van der Waals surface area contributed by atoms with E-state index in [4.69, 9.17) is 0 Å². The summed E-state index contributed by atoms with van der Waals surface area (Å²) < 4.78 is 0. The van der Waals surface area contributed by atoms with Gasteiger partial charge >= 0.3 is 0 Å². The molecule has 2 N–H and O–H groups in total. The Morgan fingerprint density at radius 3 is 2.43 bits per heavy atom. The van der Waals surface area contributed by atoms with Crippen LogP contribution in [0.4, 0.5) is 11.4 Å². The summed E-state index contributed by atoms with van der Waals surface area (Å²) in [6, 6.07) is 19.0. The van der Waals surface area contributed by atoms with Gasteiger partial charge in [-0.15, -0.1) is 0 Å². The smallest absolute Gasteiger partial charge is 0.272 e. The number of hydrogen-bond donors (Lipinski definition) is 2. The number of amides is 2. The highest BCUT2D eigenvalue weighted by Crippen LogP contribution is 2.20. The first-order valence-corrected chi connectivity index (χ1v) is 8.46. The summed E-state index contributed by atoms with van der Waals surface area (Å²) in [5.41, 5.74) is 0.873. The summed E-state index contributed by atoms with van der Waals surface area (Å²) >= 11 is 0. The van der Waals surface area contributed by atoms with Gasteiger partial charge in [0.1, 0.15) is 5.70 Å². The minimum Gasteiger partial charge on any atom is -0.322 e. The van der Waals surface area contributed by atoms with Gasteiger partial charge in [0.2, 0.25) is 5.91 Å². The fourth-order valence-electron chi connectivity index (χ4n) is 2.71. The number of anilines is 1. The first-order chi connectivity index (χ1) is 13.4. The van der Waals surface area contributed by atoms with Crippen LogP contribution in [-0.4, -0.2) is 16.7 Å². The molecule has 3 aromatic carbocycles. The molecule has 0 aliphatic carbocycles. The molecule has 7 nitrogen and oxygen atoms in total. The number of carbonyl (C=O) groups excluding carboxylic acids is 2. The van der Waals surface area contributed by atoms with Crippen molar-refractivity contribution in [2.45, 2.75) is 6.92 Å². The molecule has 0 aliphatic rings. The molecular weight excluding hydrogens is 358 g/mol. The van der Waals surface area contributed by atoms with Crippen LogP contribution in [-0.2, 0) is 9.59 Å². The third kappa shape index (κ3) is 4.59. The van der Waals surface area contributed by atoms with E-state index >= 15 is 0 Å². The number of hydrogen-bond acceptors (Lipinski definition) is 4. The first kappa shape index (κ1) is 18.8.